The molecule has 0 aliphatic carbocycles. The average Bonchev–Trinajstić information content (AvgIpc) is 2.14. The molecule has 8 heteroatoms. The van der Waals surface area contributed by atoms with E-state index in [2.05, 4.69) is 0 Å². The second-order valence-corrected chi connectivity index (χ2v) is 5.92. The summed E-state index contributed by atoms with van der Waals surface area (Å²) in [5.41, 5.74) is -0.301. The van der Waals surface area contributed by atoms with Gasteiger partial charge in [0.2, 0.25) is 9.05 Å². The van der Waals surface area contributed by atoms with E-state index in [1.165, 1.54) is 6.07 Å². The molecule has 16 heavy (non-hydrogen) atoms. The molecule has 1 aromatic rings. The number of nitrogens with zero attached hydrogens (tertiary/aromatic N) is 1. The van der Waals surface area contributed by atoms with Gasteiger partial charge in [-0.05, 0) is 18.1 Å². The first-order chi connectivity index (χ1) is 7.29. The van der Waals surface area contributed by atoms with Gasteiger partial charge in [-0.25, -0.2) is 12.8 Å². The van der Waals surface area contributed by atoms with E-state index in [1.54, 1.807) is 0 Å². The molecule has 5 nitrogen and oxygen atoms in total. The molecule has 0 heterocycles. The van der Waals surface area contributed by atoms with Crippen molar-refractivity contribution in [1.82, 2.24) is 0 Å². The maximum Gasteiger partial charge on any atom is 0.272 e. The molecule has 0 aliphatic rings. The van der Waals surface area contributed by atoms with Crippen molar-refractivity contribution in [3.05, 3.63) is 39.7 Å². The summed E-state index contributed by atoms with van der Waals surface area (Å²) in [4.78, 5) is 9.57. The third-order valence-corrected chi connectivity index (χ3v) is 3.02. The van der Waals surface area contributed by atoms with Gasteiger partial charge in [-0.2, -0.15) is 0 Å². The molecule has 0 radical (unpaired) electrons. The lowest BCUT2D eigenvalue weighted by Gasteiger charge is -2.01. The van der Waals surface area contributed by atoms with Gasteiger partial charge in [-0.1, -0.05) is 0 Å². The van der Waals surface area contributed by atoms with Crippen molar-refractivity contribution >= 4 is 25.4 Å². The highest BCUT2D eigenvalue weighted by Gasteiger charge is 2.13. The maximum absolute atomic E-state index is 13.2. The Morgan fingerprint density at radius 2 is 2.06 bits per heavy atom. The molecule has 0 spiro atoms. The first-order valence-electron chi connectivity index (χ1n) is 4.15. The molecular weight excluding hydrogens is 261 g/mol. The van der Waals surface area contributed by atoms with Crippen LogP contribution in [-0.2, 0) is 15.5 Å². The van der Waals surface area contributed by atoms with Crippen LogP contribution in [0.3, 0.4) is 0 Å². The van der Waals surface area contributed by atoms with Crippen LogP contribution >= 0.6 is 10.7 Å². The SMILES string of the molecule is O=[N+]([O-])c1ccc(CCS(=O)(=O)Cl)c(F)c1. The molecule has 0 saturated heterocycles. The quantitative estimate of drug-likeness (QED) is 0.474. The minimum atomic E-state index is -3.69. The molecule has 1 rings (SSSR count). The van der Waals surface area contributed by atoms with Crippen LogP contribution in [0.15, 0.2) is 18.2 Å². The predicted molar refractivity (Wildman–Crippen MR) is 56.4 cm³/mol. The fraction of sp³-hybridized carbons (Fsp3) is 0.250. The third kappa shape index (κ3) is 3.74. The van der Waals surface area contributed by atoms with E-state index >= 15 is 0 Å². The van der Waals surface area contributed by atoms with Crippen LogP contribution in [0.4, 0.5) is 10.1 Å². The Kier molecular flexibility index (Phi) is 3.82. The molecule has 0 aliphatic heterocycles. The second kappa shape index (κ2) is 4.75. The number of nitro groups is 1. The van der Waals surface area contributed by atoms with Crippen LogP contribution in [0.2, 0.25) is 0 Å². The molecular formula is C8H7ClFNO4S. The Hall–Kier alpha value is -1.21. The highest BCUT2D eigenvalue weighted by molar-refractivity contribution is 8.13. The minimum absolute atomic E-state index is 0.0785. The lowest BCUT2D eigenvalue weighted by atomic mass is 10.1. The first kappa shape index (κ1) is 12.9. The molecule has 0 N–H and O–H groups in total. The molecule has 0 unspecified atom stereocenters. The summed E-state index contributed by atoms with van der Waals surface area (Å²) < 4.78 is 34.5. The zero-order chi connectivity index (χ0) is 12.3. The fourth-order valence-corrected chi connectivity index (χ4v) is 1.78. The smallest absolute Gasteiger partial charge is 0.258 e. The number of rotatable bonds is 4. The Morgan fingerprint density at radius 1 is 1.44 bits per heavy atom. The van der Waals surface area contributed by atoms with E-state index in [-0.39, 0.29) is 17.7 Å². The number of nitro benzene ring substituents is 1. The molecule has 0 atom stereocenters. The Balaban J connectivity index is 2.88. The lowest BCUT2D eigenvalue weighted by molar-refractivity contribution is -0.385. The molecule has 0 amide bonds. The molecule has 1 aromatic carbocycles. The van der Waals surface area contributed by atoms with Gasteiger partial charge in [-0.15, -0.1) is 0 Å². The number of aryl methyl sites for hydroxylation is 1. The first-order valence-corrected chi connectivity index (χ1v) is 6.62. The largest absolute Gasteiger partial charge is 0.272 e. The van der Waals surface area contributed by atoms with Crippen molar-refractivity contribution in [3.63, 3.8) is 0 Å². The van der Waals surface area contributed by atoms with Gasteiger partial charge < -0.3 is 0 Å². The van der Waals surface area contributed by atoms with Gasteiger partial charge in [0.25, 0.3) is 5.69 Å². The zero-order valence-corrected chi connectivity index (χ0v) is 9.46. The molecule has 88 valence electrons. The normalized spacial score (nSPS) is 11.4. The number of benzene rings is 1. The van der Waals surface area contributed by atoms with Crippen molar-refractivity contribution in [3.8, 4) is 0 Å². The number of hydrogen-bond acceptors (Lipinski definition) is 4. The van der Waals surface area contributed by atoms with Crippen molar-refractivity contribution < 1.29 is 17.7 Å². The number of halogens is 2. The van der Waals surface area contributed by atoms with E-state index in [9.17, 15) is 22.9 Å². The Bertz CT molecular complexity index is 517. The third-order valence-electron chi connectivity index (χ3n) is 1.86. The van der Waals surface area contributed by atoms with E-state index < -0.39 is 25.5 Å². The zero-order valence-electron chi connectivity index (χ0n) is 7.89. The van der Waals surface area contributed by atoms with Crippen molar-refractivity contribution in [2.24, 2.45) is 0 Å². The summed E-state index contributed by atoms with van der Waals surface area (Å²) in [5, 5.41) is 10.3. The van der Waals surface area contributed by atoms with E-state index in [0.717, 1.165) is 12.1 Å². The highest BCUT2D eigenvalue weighted by Crippen LogP contribution is 2.17. The summed E-state index contributed by atoms with van der Waals surface area (Å²) in [7, 11) is 1.26. The second-order valence-electron chi connectivity index (χ2n) is 3.03. The molecule has 0 fully saturated rings. The standard InChI is InChI=1S/C8H7ClFNO4S/c9-16(14,15)4-3-6-1-2-7(11(12)13)5-8(6)10/h1-2,5H,3-4H2. The van der Waals surface area contributed by atoms with E-state index in [1.807, 2.05) is 0 Å². The number of hydrogen-bond donors (Lipinski definition) is 0. The Labute approximate surface area is 95.4 Å². The highest BCUT2D eigenvalue weighted by atomic mass is 35.7. The van der Waals surface area contributed by atoms with Gasteiger partial charge >= 0.3 is 0 Å². The van der Waals surface area contributed by atoms with Crippen molar-refractivity contribution in [1.29, 1.82) is 0 Å². The van der Waals surface area contributed by atoms with Gasteiger partial charge in [-0.3, -0.25) is 10.1 Å². The van der Waals surface area contributed by atoms with Crippen molar-refractivity contribution in [2.45, 2.75) is 6.42 Å². The molecule has 0 aromatic heterocycles. The van der Waals surface area contributed by atoms with Crippen LogP contribution in [-0.4, -0.2) is 19.1 Å². The maximum atomic E-state index is 13.2. The van der Waals surface area contributed by atoms with Gasteiger partial charge in [0.1, 0.15) is 5.82 Å². The Morgan fingerprint density at radius 3 is 2.50 bits per heavy atom. The van der Waals surface area contributed by atoms with Gasteiger partial charge in [0.05, 0.1) is 16.7 Å². The van der Waals surface area contributed by atoms with Gasteiger partial charge in [0.15, 0.2) is 0 Å². The summed E-state index contributed by atoms with van der Waals surface area (Å²) >= 11 is 0. The molecule has 0 saturated carbocycles. The predicted octanol–water partition coefficient (Wildman–Crippen LogP) is 1.85. The summed E-state index contributed by atoms with van der Waals surface area (Å²) in [6.07, 6.45) is -0.115. The topological polar surface area (TPSA) is 77.3 Å². The number of non-ortho nitro benzene ring substituents is 1. The molecule has 0 bridgehead atoms. The van der Waals surface area contributed by atoms with Crippen LogP contribution in [0, 0.1) is 15.9 Å². The van der Waals surface area contributed by atoms with Gasteiger partial charge in [0, 0.05) is 16.7 Å². The van der Waals surface area contributed by atoms with Crippen molar-refractivity contribution in [2.75, 3.05) is 5.75 Å². The van der Waals surface area contributed by atoms with E-state index in [0.29, 0.717) is 0 Å². The summed E-state index contributed by atoms with van der Waals surface area (Å²) in [6.45, 7) is 0. The minimum Gasteiger partial charge on any atom is -0.258 e. The van der Waals surface area contributed by atoms with Crippen LogP contribution in [0.5, 0.6) is 0 Å². The summed E-state index contributed by atoms with van der Waals surface area (Å²) in [5.74, 6) is -1.22. The monoisotopic (exact) mass is 267 g/mol. The van der Waals surface area contributed by atoms with Crippen LogP contribution in [0.25, 0.3) is 0 Å². The van der Waals surface area contributed by atoms with E-state index in [4.69, 9.17) is 10.7 Å². The summed E-state index contributed by atoms with van der Waals surface area (Å²) in [6, 6.07) is 3.03. The lowest BCUT2D eigenvalue weighted by Crippen LogP contribution is -2.03. The van der Waals surface area contributed by atoms with Crippen LogP contribution in [0.1, 0.15) is 5.56 Å². The van der Waals surface area contributed by atoms with Crippen LogP contribution < -0.4 is 0 Å². The average molecular weight is 268 g/mol. The fourth-order valence-electron chi connectivity index (χ4n) is 1.08.